The van der Waals surface area contributed by atoms with Crippen LogP contribution in [0.4, 0.5) is 0 Å². The van der Waals surface area contributed by atoms with E-state index in [4.69, 9.17) is 0 Å². The molecule has 2 heteroatoms. The second-order valence-electron chi connectivity index (χ2n) is 0.995. The quantitative estimate of drug-likeness (QED) is 0.578. The maximum atomic E-state index is 2.37. The summed E-state index contributed by atoms with van der Waals surface area (Å²) in [5.74, 6) is 0. The Balaban J connectivity index is 2.54. The minimum atomic E-state index is -0.564. The van der Waals surface area contributed by atoms with Gasteiger partial charge in [0.15, 0.2) is 0 Å². The molecule has 5 heavy (non-hydrogen) atoms. The molecule has 0 amide bonds. The van der Waals surface area contributed by atoms with Crippen LogP contribution in [-0.2, 0) is 0 Å². The fraction of sp³-hybridized carbons (Fsp3) is 1.00. The van der Waals surface area contributed by atoms with Crippen LogP contribution in [0.25, 0.3) is 0 Å². The van der Waals surface area contributed by atoms with Gasteiger partial charge in [-0.3, -0.25) is 0 Å². The first-order chi connectivity index (χ1) is 2.27. The molecule has 0 bridgehead atoms. The van der Waals surface area contributed by atoms with Crippen LogP contribution in [0, 0.1) is 0 Å². The van der Waals surface area contributed by atoms with Gasteiger partial charge in [0.2, 0.25) is 0 Å². The van der Waals surface area contributed by atoms with Crippen LogP contribution in [0.5, 0.6) is 0 Å². The first kappa shape index (κ1) is 6.17. The molecule has 0 radical (unpaired) electrons. The van der Waals surface area contributed by atoms with Crippen LogP contribution in [-0.4, -0.2) is 25.1 Å². The van der Waals surface area contributed by atoms with Crippen molar-refractivity contribution in [1.82, 2.24) is 0 Å². The standard InChI is InChI=1S/CH4S.2CH3.Sb/c1-2;;;/h2H,1H3;2*1H3;/q;;;+1/p-1. The Morgan fingerprint density at radius 2 is 1.60 bits per heavy atom. The topological polar surface area (TPSA) is 0 Å². The molecule has 0 aromatic heterocycles. The molecule has 0 aliphatic heterocycles. The van der Waals surface area contributed by atoms with Gasteiger partial charge in [0.25, 0.3) is 0 Å². The monoisotopic (exact) mass is 198 g/mol. The van der Waals surface area contributed by atoms with E-state index in [0.717, 1.165) is 0 Å². The SMILES string of the molecule is C[S][Sb]([CH3])[CH3]. The fourth-order valence-electron chi connectivity index (χ4n) is 0. The summed E-state index contributed by atoms with van der Waals surface area (Å²) >= 11 is -0.564. The molecule has 0 spiro atoms. The van der Waals surface area contributed by atoms with Crippen molar-refractivity contribution in [2.45, 2.75) is 9.74 Å². The van der Waals surface area contributed by atoms with E-state index in [9.17, 15) is 0 Å². The molecule has 0 N–H and O–H groups in total. The third-order valence-electron chi connectivity index (χ3n) is 0.365. The van der Waals surface area contributed by atoms with E-state index in [1.807, 2.05) is 0 Å². The number of hydrogen-bond acceptors (Lipinski definition) is 1. The summed E-state index contributed by atoms with van der Waals surface area (Å²) in [6, 6.07) is 0. The second kappa shape index (κ2) is 3.36. The van der Waals surface area contributed by atoms with Gasteiger partial charge < -0.3 is 0 Å². The Morgan fingerprint density at radius 3 is 1.60 bits per heavy atom. The third-order valence-corrected chi connectivity index (χ3v) is 7.35. The molecule has 0 rings (SSSR count). The molecule has 0 nitrogen and oxygen atoms in total. The molecular formula is C3H9SSb. The van der Waals surface area contributed by atoms with E-state index in [2.05, 4.69) is 24.8 Å². The Labute approximate surface area is 43.7 Å². The average molecular weight is 199 g/mol. The zero-order valence-corrected chi connectivity index (χ0v) is 7.22. The first-order valence-corrected chi connectivity index (χ1v) is 10.9. The van der Waals surface area contributed by atoms with E-state index in [1.165, 1.54) is 0 Å². The fourth-order valence-corrected chi connectivity index (χ4v) is 0. The summed E-state index contributed by atoms with van der Waals surface area (Å²) in [5, 5.41) is 0. The van der Waals surface area contributed by atoms with Crippen LogP contribution in [0.1, 0.15) is 0 Å². The molecule has 32 valence electrons. The van der Waals surface area contributed by atoms with Crippen LogP contribution < -0.4 is 0 Å². The van der Waals surface area contributed by atoms with Crippen LogP contribution in [0.2, 0.25) is 9.74 Å². The normalized spacial score (nSPS) is 9.60. The molecule has 0 heterocycles. The van der Waals surface area contributed by atoms with Crippen LogP contribution in [0.3, 0.4) is 0 Å². The van der Waals surface area contributed by atoms with Gasteiger partial charge in [0.1, 0.15) is 0 Å². The van der Waals surface area contributed by atoms with E-state index < -0.39 is 18.8 Å². The van der Waals surface area contributed by atoms with E-state index in [1.54, 1.807) is 0 Å². The summed E-state index contributed by atoms with van der Waals surface area (Å²) < 4.78 is 0. The van der Waals surface area contributed by atoms with Crippen molar-refractivity contribution in [2.75, 3.05) is 6.26 Å². The van der Waals surface area contributed by atoms with Gasteiger partial charge in [-0.1, -0.05) is 0 Å². The summed E-state index contributed by atoms with van der Waals surface area (Å²) in [6.07, 6.45) is 2.20. The summed E-state index contributed by atoms with van der Waals surface area (Å²) in [7, 11) is 2.06. The molecule has 0 atom stereocenters. The Morgan fingerprint density at radius 1 is 1.40 bits per heavy atom. The van der Waals surface area contributed by atoms with Gasteiger partial charge in [-0.15, -0.1) is 0 Å². The average Bonchev–Trinajstić information content (AvgIpc) is 1.38. The second-order valence-corrected chi connectivity index (χ2v) is 14.0. The zero-order chi connectivity index (χ0) is 4.28. The molecule has 0 unspecified atom stereocenters. The summed E-state index contributed by atoms with van der Waals surface area (Å²) in [4.78, 5) is 4.74. The van der Waals surface area contributed by atoms with Crippen molar-refractivity contribution >= 4 is 27.7 Å². The first-order valence-electron chi connectivity index (χ1n) is 1.49. The van der Waals surface area contributed by atoms with Gasteiger partial charge in [-0.2, -0.15) is 0 Å². The van der Waals surface area contributed by atoms with E-state index >= 15 is 0 Å². The predicted octanol–water partition coefficient (Wildman–Crippen LogP) is 1.60. The van der Waals surface area contributed by atoms with Gasteiger partial charge in [-0.25, -0.2) is 0 Å². The summed E-state index contributed by atoms with van der Waals surface area (Å²) in [5.41, 5.74) is 0. The Bertz CT molecular complexity index is 20.9. The van der Waals surface area contributed by atoms with Gasteiger partial charge in [-0.05, 0) is 0 Å². The van der Waals surface area contributed by atoms with Crippen LogP contribution >= 0.6 is 8.85 Å². The van der Waals surface area contributed by atoms with Gasteiger partial charge >= 0.3 is 43.7 Å². The molecule has 0 saturated carbocycles. The molecular weight excluding hydrogens is 190 g/mol. The Hall–Kier alpha value is 1.17. The predicted molar refractivity (Wildman–Crippen MR) is 31.0 cm³/mol. The molecule has 0 aromatic rings. The van der Waals surface area contributed by atoms with Crippen molar-refractivity contribution in [3.05, 3.63) is 0 Å². The maximum absolute atomic E-state index is 2.37. The Kier molecular flexibility index (Phi) is 4.15. The molecule has 0 fully saturated rings. The van der Waals surface area contributed by atoms with Crippen LogP contribution in [0.15, 0.2) is 0 Å². The van der Waals surface area contributed by atoms with Gasteiger partial charge in [0.05, 0.1) is 0 Å². The number of hydrogen-bond donors (Lipinski definition) is 0. The van der Waals surface area contributed by atoms with Crippen molar-refractivity contribution in [3.8, 4) is 0 Å². The van der Waals surface area contributed by atoms with Crippen molar-refractivity contribution < 1.29 is 0 Å². The summed E-state index contributed by atoms with van der Waals surface area (Å²) in [6.45, 7) is 0. The third kappa shape index (κ3) is 5.17. The molecule has 0 aliphatic carbocycles. The molecule has 0 aliphatic rings. The molecule has 0 saturated heterocycles. The zero-order valence-electron chi connectivity index (χ0n) is 3.86. The van der Waals surface area contributed by atoms with E-state index in [-0.39, 0.29) is 0 Å². The van der Waals surface area contributed by atoms with Crippen molar-refractivity contribution in [1.29, 1.82) is 0 Å². The minimum absolute atomic E-state index is 0.564. The van der Waals surface area contributed by atoms with Gasteiger partial charge in [0, 0.05) is 0 Å². The molecule has 0 aromatic carbocycles. The van der Waals surface area contributed by atoms with Crippen molar-refractivity contribution in [3.63, 3.8) is 0 Å². The van der Waals surface area contributed by atoms with E-state index in [0.29, 0.717) is 0 Å². The number of rotatable bonds is 1. The van der Waals surface area contributed by atoms with Crippen molar-refractivity contribution in [2.24, 2.45) is 0 Å².